The van der Waals surface area contributed by atoms with Crippen molar-refractivity contribution in [1.29, 1.82) is 0 Å². The molecule has 0 atom stereocenters. The highest BCUT2D eigenvalue weighted by Crippen LogP contribution is 2.32. The molecule has 1 aliphatic carbocycles. The first kappa shape index (κ1) is 19.5. The van der Waals surface area contributed by atoms with E-state index in [2.05, 4.69) is 15.6 Å². The zero-order chi connectivity index (χ0) is 19.4. The third kappa shape index (κ3) is 5.13. The molecule has 0 unspecified atom stereocenters. The predicted molar refractivity (Wildman–Crippen MR) is 98.3 cm³/mol. The van der Waals surface area contributed by atoms with Gasteiger partial charge in [-0.3, -0.25) is 4.79 Å². The van der Waals surface area contributed by atoms with Crippen LogP contribution < -0.4 is 10.6 Å². The Bertz CT molecular complexity index is 820. The molecule has 27 heavy (non-hydrogen) atoms. The highest BCUT2D eigenvalue weighted by molar-refractivity contribution is 6.30. The standard InChI is InChI=1S/C19H19ClF3N3O/c20-13-6-3-7-14(10-13)25-16-9-8-15(17(26-16)19(21,22)23)18(27)24-11-12-4-1-2-5-12/h3,6-10,12H,1-2,4-5,11H2,(H,24,27)(H,25,26). The number of anilines is 2. The van der Waals surface area contributed by atoms with Crippen molar-refractivity contribution in [1.82, 2.24) is 10.3 Å². The van der Waals surface area contributed by atoms with E-state index >= 15 is 0 Å². The SMILES string of the molecule is O=C(NCC1CCCC1)c1ccc(Nc2cccc(Cl)c2)nc1C(F)(F)F. The molecule has 144 valence electrons. The Hall–Kier alpha value is -2.28. The van der Waals surface area contributed by atoms with Crippen LogP contribution in [-0.2, 0) is 6.18 Å². The van der Waals surface area contributed by atoms with Gasteiger partial charge < -0.3 is 10.6 Å². The van der Waals surface area contributed by atoms with Crippen molar-refractivity contribution in [2.24, 2.45) is 5.92 Å². The molecular formula is C19H19ClF3N3O. The zero-order valence-corrected chi connectivity index (χ0v) is 15.2. The lowest BCUT2D eigenvalue weighted by atomic mass is 10.1. The zero-order valence-electron chi connectivity index (χ0n) is 14.4. The molecule has 2 N–H and O–H groups in total. The molecule has 0 spiro atoms. The lowest BCUT2D eigenvalue weighted by molar-refractivity contribution is -0.141. The van der Waals surface area contributed by atoms with Gasteiger partial charge >= 0.3 is 6.18 Å². The number of alkyl halides is 3. The summed E-state index contributed by atoms with van der Waals surface area (Å²) in [5.74, 6) is -0.437. The van der Waals surface area contributed by atoms with Crippen molar-refractivity contribution in [2.75, 3.05) is 11.9 Å². The lowest BCUT2D eigenvalue weighted by Gasteiger charge is -2.15. The number of nitrogens with one attached hydrogen (secondary N) is 2. The van der Waals surface area contributed by atoms with Gasteiger partial charge in [-0.2, -0.15) is 13.2 Å². The van der Waals surface area contributed by atoms with Gasteiger partial charge in [-0.05, 0) is 49.1 Å². The Morgan fingerprint density at radius 2 is 1.93 bits per heavy atom. The number of nitrogens with zero attached hydrogens (tertiary/aromatic N) is 1. The smallest absolute Gasteiger partial charge is 0.352 e. The molecule has 1 amide bonds. The normalized spacial score (nSPS) is 15.0. The molecule has 1 aromatic heterocycles. The van der Waals surface area contributed by atoms with Crippen LogP contribution in [0.15, 0.2) is 36.4 Å². The minimum Gasteiger partial charge on any atom is -0.352 e. The van der Waals surface area contributed by atoms with Gasteiger partial charge in [-0.15, -0.1) is 0 Å². The van der Waals surface area contributed by atoms with Crippen LogP contribution >= 0.6 is 11.6 Å². The predicted octanol–water partition coefficient (Wildman–Crippen LogP) is 5.42. The molecule has 4 nitrogen and oxygen atoms in total. The monoisotopic (exact) mass is 397 g/mol. The maximum Gasteiger partial charge on any atom is 0.434 e. The maximum atomic E-state index is 13.4. The average molecular weight is 398 g/mol. The number of pyridine rings is 1. The Morgan fingerprint density at radius 1 is 1.19 bits per heavy atom. The van der Waals surface area contributed by atoms with E-state index in [1.807, 2.05) is 0 Å². The Balaban J connectivity index is 1.80. The number of carbonyl (C=O) groups is 1. The molecule has 1 fully saturated rings. The summed E-state index contributed by atoms with van der Waals surface area (Å²) >= 11 is 5.88. The van der Waals surface area contributed by atoms with E-state index < -0.39 is 23.3 Å². The Labute approximate surface area is 160 Å². The molecule has 8 heteroatoms. The van der Waals surface area contributed by atoms with E-state index in [0.29, 0.717) is 23.2 Å². The highest BCUT2D eigenvalue weighted by atomic mass is 35.5. The molecule has 0 saturated heterocycles. The first-order valence-corrected chi connectivity index (χ1v) is 9.10. The van der Waals surface area contributed by atoms with Crippen LogP contribution in [0.25, 0.3) is 0 Å². The molecule has 1 aromatic carbocycles. The van der Waals surface area contributed by atoms with Gasteiger partial charge in [-0.25, -0.2) is 4.98 Å². The number of carbonyl (C=O) groups excluding carboxylic acids is 1. The second kappa shape index (κ2) is 8.17. The summed E-state index contributed by atoms with van der Waals surface area (Å²) in [7, 11) is 0. The fourth-order valence-electron chi connectivity index (χ4n) is 3.19. The minimum atomic E-state index is -4.74. The van der Waals surface area contributed by atoms with Crippen molar-refractivity contribution in [3.8, 4) is 0 Å². The van der Waals surface area contributed by atoms with Crippen LogP contribution in [0, 0.1) is 5.92 Å². The fraction of sp³-hybridized carbons (Fsp3) is 0.368. The lowest BCUT2D eigenvalue weighted by Crippen LogP contribution is -2.30. The quantitative estimate of drug-likeness (QED) is 0.708. The number of benzene rings is 1. The topological polar surface area (TPSA) is 54.0 Å². The summed E-state index contributed by atoms with van der Waals surface area (Å²) in [6.07, 6.45) is -0.564. The molecule has 2 aromatic rings. The van der Waals surface area contributed by atoms with Crippen LogP contribution in [0.2, 0.25) is 5.02 Å². The summed E-state index contributed by atoms with van der Waals surface area (Å²) in [4.78, 5) is 15.9. The van der Waals surface area contributed by atoms with Crippen molar-refractivity contribution in [3.05, 3.63) is 52.7 Å². The first-order valence-electron chi connectivity index (χ1n) is 8.72. The highest BCUT2D eigenvalue weighted by Gasteiger charge is 2.37. The van der Waals surface area contributed by atoms with Gasteiger partial charge in [0.05, 0.1) is 5.56 Å². The van der Waals surface area contributed by atoms with Crippen molar-refractivity contribution < 1.29 is 18.0 Å². The summed E-state index contributed by atoms with van der Waals surface area (Å²) in [5, 5.41) is 5.83. The van der Waals surface area contributed by atoms with Gasteiger partial charge in [0, 0.05) is 17.3 Å². The molecule has 1 saturated carbocycles. The first-order chi connectivity index (χ1) is 12.8. The molecular weight excluding hydrogens is 379 g/mol. The molecule has 1 aliphatic rings. The molecule has 3 rings (SSSR count). The van der Waals surface area contributed by atoms with E-state index in [1.165, 1.54) is 6.07 Å². The maximum absolute atomic E-state index is 13.4. The van der Waals surface area contributed by atoms with Gasteiger partial charge in [0.15, 0.2) is 5.69 Å². The van der Waals surface area contributed by atoms with Crippen LogP contribution in [0.3, 0.4) is 0 Å². The number of hydrogen-bond donors (Lipinski definition) is 2. The van der Waals surface area contributed by atoms with Crippen LogP contribution in [0.4, 0.5) is 24.7 Å². The van der Waals surface area contributed by atoms with Gasteiger partial charge in [0.25, 0.3) is 5.91 Å². The summed E-state index contributed by atoms with van der Waals surface area (Å²) in [5.41, 5.74) is -1.18. The number of halogens is 4. The second-order valence-electron chi connectivity index (χ2n) is 6.59. The molecule has 1 heterocycles. The van der Waals surface area contributed by atoms with Crippen molar-refractivity contribution in [3.63, 3.8) is 0 Å². The van der Waals surface area contributed by atoms with E-state index in [9.17, 15) is 18.0 Å². The summed E-state index contributed by atoms with van der Waals surface area (Å²) in [6.45, 7) is 0.388. The fourth-order valence-corrected chi connectivity index (χ4v) is 3.38. The van der Waals surface area contributed by atoms with Crippen LogP contribution in [-0.4, -0.2) is 17.4 Å². The number of amides is 1. The minimum absolute atomic E-state index is 0.0167. The van der Waals surface area contributed by atoms with E-state index in [-0.39, 0.29) is 5.82 Å². The van der Waals surface area contributed by atoms with Gasteiger partial charge in [0.1, 0.15) is 5.82 Å². The van der Waals surface area contributed by atoms with Crippen LogP contribution in [0.5, 0.6) is 0 Å². The largest absolute Gasteiger partial charge is 0.434 e. The number of hydrogen-bond acceptors (Lipinski definition) is 3. The second-order valence-corrected chi connectivity index (χ2v) is 7.02. The van der Waals surface area contributed by atoms with Gasteiger partial charge in [-0.1, -0.05) is 30.5 Å². The van der Waals surface area contributed by atoms with E-state index in [0.717, 1.165) is 31.7 Å². The molecule has 0 aliphatic heterocycles. The molecule has 0 bridgehead atoms. The summed E-state index contributed by atoms with van der Waals surface area (Å²) < 4.78 is 40.3. The van der Waals surface area contributed by atoms with Crippen molar-refractivity contribution in [2.45, 2.75) is 31.9 Å². The van der Waals surface area contributed by atoms with Gasteiger partial charge in [0.2, 0.25) is 0 Å². The van der Waals surface area contributed by atoms with E-state index in [1.54, 1.807) is 24.3 Å². The summed E-state index contributed by atoms with van der Waals surface area (Å²) in [6, 6.07) is 9.04. The Morgan fingerprint density at radius 3 is 2.59 bits per heavy atom. The Kier molecular flexibility index (Phi) is 5.89. The van der Waals surface area contributed by atoms with Crippen LogP contribution in [0.1, 0.15) is 41.7 Å². The third-order valence-electron chi connectivity index (χ3n) is 4.53. The number of aromatic nitrogens is 1. The van der Waals surface area contributed by atoms with Crippen molar-refractivity contribution >= 4 is 29.0 Å². The average Bonchev–Trinajstić information content (AvgIpc) is 3.12. The van der Waals surface area contributed by atoms with E-state index in [4.69, 9.17) is 11.6 Å². The number of rotatable bonds is 5. The molecule has 0 radical (unpaired) electrons. The third-order valence-corrected chi connectivity index (χ3v) is 4.77.